The molecule has 0 spiro atoms. The molecule has 0 aliphatic carbocycles. The quantitative estimate of drug-likeness (QED) is 0.443. The number of benzene rings is 2. The third-order valence-electron chi connectivity index (χ3n) is 5.65. The lowest BCUT2D eigenvalue weighted by atomic mass is 9.78. The van der Waals surface area contributed by atoms with Crippen LogP contribution in [-0.2, 0) is 20.0 Å². The van der Waals surface area contributed by atoms with Gasteiger partial charge in [-0.3, -0.25) is 0 Å². The van der Waals surface area contributed by atoms with Crippen LogP contribution in [0.1, 0.15) is 25.3 Å². The Bertz CT molecular complexity index is 1320. The number of rotatable bonds is 9. The average Bonchev–Trinajstić information content (AvgIpc) is 3.11. The zero-order chi connectivity index (χ0) is 26.7. The third kappa shape index (κ3) is 6.72. The van der Waals surface area contributed by atoms with Crippen molar-refractivity contribution in [1.82, 2.24) is 5.01 Å². The van der Waals surface area contributed by atoms with Crippen molar-refractivity contribution in [3.63, 3.8) is 0 Å². The van der Waals surface area contributed by atoms with Gasteiger partial charge in [-0.15, -0.1) is 0 Å². The van der Waals surface area contributed by atoms with E-state index < -0.39 is 26.1 Å². The van der Waals surface area contributed by atoms with E-state index in [0.29, 0.717) is 21.0 Å². The van der Waals surface area contributed by atoms with Gasteiger partial charge >= 0.3 is 6.03 Å². The van der Waals surface area contributed by atoms with Crippen LogP contribution in [0.15, 0.2) is 53.6 Å². The molecule has 2 aromatic carbocycles. The van der Waals surface area contributed by atoms with Crippen molar-refractivity contribution in [1.29, 1.82) is 0 Å². The number of thioether (sulfide) groups is 1. The number of carbonyl (C=O) groups is 1. The minimum atomic E-state index is -4.06. The number of hydrogen-bond donors (Lipinski definition) is 1. The molecule has 1 N–H and O–H groups in total. The fraction of sp³-hybridized carbons (Fsp3) is 0.391. The maximum absolute atomic E-state index is 13.1. The Morgan fingerprint density at radius 3 is 2.19 bits per heavy atom. The highest BCUT2D eigenvalue weighted by molar-refractivity contribution is 8.09. The van der Waals surface area contributed by atoms with Gasteiger partial charge in [-0.25, -0.2) is 26.6 Å². The summed E-state index contributed by atoms with van der Waals surface area (Å²) in [6, 6.07) is 12.4. The van der Waals surface area contributed by atoms with E-state index >= 15 is 0 Å². The van der Waals surface area contributed by atoms with Crippen LogP contribution in [-0.4, -0.2) is 64.7 Å². The van der Waals surface area contributed by atoms with Gasteiger partial charge in [-0.2, -0.15) is 20.6 Å². The second-order valence-corrected chi connectivity index (χ2v) is 14.2. The van der Waals surface area contributed by atoms with Crippen LogP contribution in [0.2, 0.25) is 5.02 Å². The van der Waals surface area contributed by atoms with Gasteiger partial charge in [0.15, 0.2) is 0 Å². The molecule has 0 fully saturated rings. The number of hydrogen-bond acceptors (Lipinski definition) is 7. The van der Waals surface area contributed by atoms with Crippen LogP contribution >= 0.6 is 23.4 Å². The summed E-state index contributed by atoms with van der Waals surface area (Å²) in [6.07, 6.45) is 5.49. The lowest BCUT2D eigenvalue weighted by Gasteiger charge is -2.26. The van der Waals surface area contributed by atoms with Gasteiger partial charge in [0.2, 0.25) is 20.0 Å². The standard InChI is InChI=1S/C23H29ClN4O5S3/c1-23(14-5-15-34-2)16-27(26-21(23)17-6-8-18(24)9-7-17)22(29)25-19-10-12-20(13-11-19)28(35(3,30)31)36(4,32)33/h6-13H,5,14-16H2,1-4H3,(H,25,29). The molecule has 13 heteroatoms. The molecular weight excluding hydrogens is 544 g/mol. The molecule has 0 saturated carbocycles. The molecule has 196 valence electrons. The zero-order valence-electron chi connectivity index (χ0n) is 20.4. The molecule has 1 aliphatic rings. The molecule has 1 atom stereocenters. The minimum Gasteiger partial charge on any atom is -0.306 e. The Balaban J connectivity index is 1.82. The van der Waals surface area contributed by atoms with Crippen molar-refractivity contribution in [2.75, 3.05) is 40.1 Å². The molecule has 0 bridgehead atoms. The monoisotopic (exact) mass is 572 g/mol. The first-order valence-corrected chi connectivity index (χ1v) is 16.4. The summed E-state index contributed by atoms with van der Waals surface area (Å²) in [5, 5.41) is 9.40. The molecule has 9 nitrogen and oxygen atoms in total. The van der Waals surface area contributed by atoms with Crippen LogP contribution in [0.5, 0.6) is 0 Å². The molecular formula is C23H29ClN4O5S3. The predicted octanol–water partition coefficient (Wildman–Crippen LogP) is 4.47. The molecule has 3 rings (SSSR count). The summed E-state index contributed by atoms with van der Waals surface area (Å²) < 4.78 is 48.3. The highest BCUT2D eigenvalue weighted by Crippen LogP contribution is 2.36. The second kappa shape index (κ2) is 11.0. The van der Waals surface area contributed by atoms with Gasteiger partial charge in [-0.1, -0.05) is 30.7 Å². The summed E-state index contributed by atoms with van der Waals surface area (Å²) in [5.41, 5.74) is 1.67. The maximum atomic E-state index is 13.1. The number of anilines is 2. The largest absolute Gasteiger partial charge is 0.342 e. The van der Waals surface area contributed by atoms with Crippen molar-refractivity contribution in [2.24, 2.45) is 10.5 Å². The Kier molecular flexibility index (Phi) is 8.64. The number of carbonyl (C=O) groups excluding carboxylic acids is 1. The maximum Gasteiger partial charge on any atom is 0.342 e. The van der Waals surface area contributed by atoms with Crippen LogP contribution < -0.4 is 9.03 Å². The Morgan fingerprint density at radius 2 is 1.67 bits per heavy atom. The normalized spacial score (nSPS) is 18.1. The Hall–Kier alpha value is -2.28. The minimum absolute atomic E-state index is 0.0522. The third-order valence-corrected chi connectivity index (χ3v) is 9.85. The molecule has 2 amide bonds. The van der Waals surface area contributed by atoms with E-state index in [-0.39, 0.29) is 11.1 Å². The van der Waals surface area contributed by atoms with Gasteiger partial charge in [0.25, 0.3) is 0 Å². The first kappa shape index (κ1) is 28.3. The average molecular weight is 573 g/mol. The molecule has 0 aromatic heterocycles. The lowest BCUT2D eigenvalue weighted by molar-refractivity contribution is 0.206. The van der Waals surface area contributed by atoms with Crippen molar-refractivity contribution in [3.8, 4) is 0 Å². The molecule has 0 saturated heterocycles. The molecule has 1 aliphatic heterocycles. The summed E-state index contributed by atoms with van der Waals surface area (Å²) in [6.45, 7) is 2.48. The predicted molar refractivity (Wildman–Crippen MR) is 148 cm³/mol. The topological polar surface area (TPSA) is 116 Å². The van der Waals surface area contributed by atoms with Crippen LogP contribution in [0.25, 0.3) is 0 Å². The second-order valence-electron chi connectivity index (χ2n) is 8.87. The number of amides is 2. The number of halogens is 1. The SMILES string of the molecule is CSCCCC1(C)CN(C(=O)Nc2ccc(N(S(C)(=O)=O)S(C)(=O)=O)cc2)N=C1c1ccc(Cl)cc1. The first-order valence-electron chi connectivity index (χ1n) is 11.0. The summed E-state index contributed by atoms with van der Waals surface area (Å²) in [5.74, 6) is 1.00. The molecule has 0 radical (unpaired) electrons. The number of sulfonamides is 2. The van der Waals surface area contributed by atoms with Crippen molar-refractivity contribution < 1.29 is 21.6 Å². The molecule has 1 heterocycles. The van der Waals surface area contributed by atoms with E-state index in [9.17, 15) is 21.6 Å². The molecule has 36 heavy (non-hydrogen) atoms. The van der Waals surface area contributed by atoms with Crippen LogP contribution in [0.4, 0.5) is 16.2 Å². The number of urea groups is 1. The zero-order valence-corrected chi connectivity index (χ0v) is 23.6. The van der Waals surface area contributed by atoms with Crippen molar-refractivity contribution in [2.45, 2.75) is 19.8 Å². The Morgan fingerprint density at radius 1 is 1.08 bits per heavy atom. The Labute approximate surface area is 222 Å². The van der Waals surface area contributed by atoms with Crippen molar-refractivity contribution in [3.05, 3.63) is 59.1 Å². The number of nitrogens with zero attached hydrogens (tertiary/aromatic N) is 3. The molecule has 1 unspecified atom stereocenters. The summed E-state index contributed by atoms with van der Waals surface area (Å²) in [7, 11) is -8.12. The van der Waals surface area contributed by atoms with Gasteiger partial charge < -0.3 is 5.32 Å². The summed E-state index contributed by atoms with van der Waals surface area (Å²) >= 11 is 7.82. The van der Waals surface area contributed by atoms with E-state index in [2.05, 4.69) is 23.6 Å². The van der Waals surface area contributed by atoms with Crippen molar-refractivity contribution >= 4 is 66.5 Å². The fourth-order valence-corrected chi connectivity index (χ4v) is 7.64. The number of nitrogens with one attached hydrogen (secondary N) is 1. The van der Waals surface area contributed by atoms with E-state index in [1.165, 1.54) is 29.3 Å². The van der Waals surface area contributed by atoms with Crippen LogP contribution in [0, 0.1) is 5.41 Å². The summed E-state index contributed by atoms with van der Waals surface area (Å²) in [4.78, 5) is 13.1. The smallest absolute Gasteiger partial charge is 0.306 e. The van der Waals surface area contributed by atoms with Gasteiger partial charge in [-0.05, 0) is 66.8 Å². The molecule has 2 aromatic rings. The van der Waals surface area contributed by atoms with Gasteiger partial charge in [0.1, 0.15) is 0 Å². The number of hydrazone groups is 1. The highest BCUT2D eigenvalue weighted by atomic mass is 35.5. The highest BCUT2D eigenvalue weighted by Gasteiger charge is 2.41. The fourth-order valence-electron chi connectivity index (χ4n) is 4.10. The van der Waals surface area contributed by atoms with Crippen LogP contribution in [0.3, 0.4) is 0 Å². The van der Waals surface area contributed by atoms with Gasteiger partial charge in [0, 0.05) is 16.1 Å². The first-order chi connectivity index (χ1) is 16.7. The van der Waals surface area contributed by atoms with Gasteiger partial charge in [0.05, 0.1) is 30.5 Å². The van der Waals surface area contributed by atoms with E-state index in [0.717, 1.165) is 42.4 Å². The van der Waals surface area contributed by atoms with E-state index in [1.54, 1.807) is 23.9 Å². The van der Waals surface area contributed by atoms with E-state index in [4.69, 9.17) is 11.6 Å². The lowest BCUT2D eigenvalue weighted by Crippen LogP contribution is -2.36. The van der Waals surface area contributed by atoms with E-state index in [1.807, 2.05) is 12.1 Å².